The number of non-ortho nitro benzene ring substituents is 1. The third kappa shape index (κ3) is 4.82. The van der Waals surface area contributed by atoms with Gasteiger partial charge >= 0.3 is 0 Å². The average molecular weight is 390 g/mol. The van der Waals surface area contributed by atoms with Gasteiger partial charge in [0, 0.05) is 40.4 Å². The van der Waals surface area contributed by atoms with E-state index in [0.717, 1.165) is 10.5 Å². The number of nitro groups is 1. The normalized spacial score (nSPS) is 10.5. The number of benzene rings is 2. The number of hydrogen-bond donors (Lipinski definition) is 1. The molecular formula is C16H12BrN3O4. The molecule has 0 spiro atoms. The molecule has 2 aromatic rings. The summed E-state index contributed by atoms with van der Waals surface area (Å²) in [6.07, 6.45) is 1.30. The molecule has 0 aliphatic rings. The molecule has 0 saturated carbocycles. The highest BCUT2D eigenvalue weighted by Crippen LogP contribution is 2.13. The van der Waals surface area contributed by atoms with Crippen LogP contribution < -0.4 is 5.43 Å². The van der Waals surface area contributed by atoms with E-state index in [9.17, 15) is 19.7 Å². The third-order valence-corrected chi connectivity index (χ3v) is 3.55. The second-order valence-corrected chi connectivity index (χ2v) is 5.61. The second-order valence-electron chi connectivity index (χ2n) is 4.69. The van der Waals surface area contributed by atoms with Crippen molar-refractivity contribution in [1.29, 1.82) is 0 Å². The van der Waals surface area contributed by atoms with Crippen molar-refractivity contribution in [2.24, 2.45) is 5.10 Å². The molecular weight excluding hydrogens is 378 g/mol. The summed E-state index contributed by atoms with van der Waals surface area (Å²) in [4.78, 5) is 33.8. The largest absolute Gasteiger partial charge is 0.294 e. The number of Topliss-reactive ketones (excluding diaryl/α,β-unsaturated/α-hetero) is 1. The minimum absolute atomic E-state index is 0.0247. The molecule has 1 amide bonds. The lowest BCUT2D eigenvalue weighted by molar-refractivity contribution is -0.384. The summed E-state index contributed by atoms with van der Waals surface area (Å²) >= 11 is 3.28. The minimum Gasteiger partial charge on any atom is -0.294 e. The summed E-state index contributed by atoms with van der Waals surface area (Å²) in [5.74, 6) is -0.734. The molecule has 0 bridgehead atoms. The molecule has 0 radical (unpaired) electrons. The number of nitrogens with zero attached hydrogens (tertiary/aromatic N) is 2. The molecule has 0 unspecified atom stereocenters. The standard InChI is InChI=1S/C16H12BrN3O4/c17-13-6-4-11(5-7-13)15(21)8-9-18-19-16(22)12-2-1-3-14(10-12)20(23)24/h1-7,9-10H,8H2,(H,19,22)/b18-9-. The lowest BCUT2D eigenvalue weighted by Crippen LogP contribution is -2.17. The fourth-order valence-electron chi connectivity index (χ4n) is 1.81. The maximum atomic E-state index is 11.9. The number of hydrazone groups is 1. The predicted molar refractivity (Wildman–Crippen MR) is 92.1 cm³/mol. The molecule has 0 aromatic heterocycles. The average Bonchev–Trinajstić information content (AvgIpc) is 2.59. The maximum absolute atomic E-state index is 11.9. The lowest BCUT2D eigenvalue weighted by Gasteiger charge is -2.00. The van der Waals surface area contributed by atoms with Gasteiger partial charge in [-0.15, -0.1) is 0 Å². The van der Waals surface area contributed by atoms with Crippen LogP contribution in [0.4, 0.5) is 5.69 Å². The van der Waals surface area contributed by atoms with E-state index in [-0.39, 0.29) is 23.5 Å². The van der Waals surface area contributed by atoms with Gasteiger partial charge in [-0.25, -0.2) is 5.43 Å². The summed E-state index contributed by atoms with van der Waals surface area (Å²) < 4.78 is 0.872. The van der Waals surface area contributed by atoms with Crippen LogP contribution in [0.2, 0.25) is 0 Å². The molecule has 122 valence electrons. The Morgan fingerprint density at radius 2 is 1.88 bits per heavy atom. The highest BCUT2D eigenvalue weighted by atomic mass is 79.9. The molecule has 0 aliphatic carbocycles. The van der Waals surface area contributed by atoms with Gasteiger partial charge in [-0.3, -0.25) is 19.7 Å². The summed E-state index contributed by atoms with van der Waals surface area (Å²) in [5.41, 5.74) is 2.69. The van der Waals surface area contributed by atoms with Gasteiger partial charge in [-0.1, -0.05) is 34.1 Å². The zero-order valence-electron chi connectivity index (χ0n) is 12.3. The molecule has 8 heteroatoms. The predicted octanol–water partition coefficient (Wildman–Crippen LogP) is 3.35. The number of rotatable bonds is 6. The Balaban J connectivity index is 1.90. The van der Waals surface area contributed by atoms with E-state index in [1.54, 1.807) is 24.3 Å². The van der Waals surface area contributed by atoms with E-state index < -0.39 is 10.8 Å². The van der Waals surface area contributed by atoms with Gasteiger partial charge < -0.3 is 0 Å². The van der Waals surface area contributed by atoms with E-state index in [0.29, 0.717) is 5.56 Å². The van der Waals surface area contributed by atoms with Crippen molar-refractivity contribution in [3.63, 3.8) is 0 Å². The van der Waals surface area contributed by atoms with Crippen LogP contribution >= 0.6 is 15.9 Å². The van der Waals surface area contributed by atoms with Gasteiger partial charge in [0.05, 0.1) is 4.92 Å². The number of ketones is 1. The summed E-state index contributed by atoms with van der Waals surface area (Å²) in [6.45, 7) is 0. The molecule has 0 aliphatic heterocycles. The highest BCUT2D eigenvalue weighted by molar-refractivity contribution is 9.10. The Morgan fingerprint density at radius 3 is 2.54 bits per heavy atom. The van der Waals surface area contributed by atoms with Crippen LogP contribution in [0.1, 0.15) is 27.1 Å². The number of carbonyl (C=O) groups is 2. The van der Waals surface area contributed by atoms with Crippen LogP contribution in [-0.4, -0.2) is 22.8 Å². The van der Waals surface area contributed by atoms with Crippen molar-refractivity contribution < 1.29 is 14.5 Å². The van der Waals surface area contributed by atoms with E-state index in [1.807, 2.05) is 0 Å². The molecule has 2 aromatic carbocycles. The van der Waals surface area contributed by atoms with Gasteiger partial charge in [-0.2, -0.15) is 5.10 Å². The third-order valence-electron chi connectivity index (χ3n) is 3.02. The lowest BCUT2D eigenvalue weighted by atomic mass is 10.1. The Bertz CT molecular complexity index is 803. The van der Waals surface area contributed by atoms with E-state index in [2.05, 4.69) is 26.5 Å². The van der Waals surface area contributed by atoms with Crippen LogP contribution in [0.3, 0.4) is 0 Å². The SMILES string of the molecule is O=C(C/C=N\NC(=O)c1cccc([N+](=O)[O-])c1)c1ccc(Br)cc1. The van der Waals surface area contributed by atoms with Crippen molar-refractivity contribution >= 4 is 39.5 Å². The molecule has 0 fully saturated rings. The molecule has 2 rings (SSSR count). The molecule has 0 saturated heterocycles. The van der Waals surface area contributed by atoms with Crippen molar-refractivity contribution in [3.8, 4) is 0 Å². The van der Waals surface area contributed by atoms with Crippen LogP contribution in [0.25, 0.3) is 0 Å². The van der Waals surface area contributed by atoms with Crippen molar-refractivity contribution in [3.05, 3.63) is 74.2 Å². The fraction of sp³-hybridized carbons (Fsp3) is 0.0625. The summed E-state index contributed by atoms with van der Waals surface area (Å²) in [6, 6.07) is 12.2. The van der Waals surface area contributed by atoms with Gasteiger partial charge in [0.15, 0.2) is 5.78 Å². The molecule has 0 heterocycles. The van der Waals surface area contributed by atoms with E-state index >= 15 is 0 Å². The fourth-order valence-corrected chi connectivity index (χ4v) is 2.08. The molecule has 1 N–H and O–H groups in total. The first-order valence-corrected chi connectivity index (χ1v) is 7.62. The minimum atomic E-state index is -0.592. The van der Waals surface area contributed by atoms with Gasteiger partial charge in [-0.05, 0) is 18.2 Å². The Morgan fingerprint density at radius 1 is 1.17 bits per heavy atom. The number of nitrogens with one attached hydrogen (secondary N) is 1. The number of halogens is 1. The molecule has 7 nitrogen and oxygen atoms in total. The highest BCUT2D eigenvalue weighted by Gasteiger charge is 2.10. The molecule has 0 atom stereocenters. The first-order chi connectivity index (χ1) is 11.5. The molecule has 24 heavy (non-hydrogen) atoms. The van der Waals surface area contributed by atoms with E-state index in [1.165, 1.54) is 24.4 Å². The Hall–Kier alpha value is -2.87. The van der Waals surface area contributed by atoms with Gasteiger partial charge in [0.2, 0.25) is 0 Å². The Kier molecular flexibility index (Phi) is 5.91. The summed E-state index contributed by atoms with van der Waals surface area (Å²) in [5, 5.41) is 14.4. The van der Waals surface area contributed by atoms with Crippen molar-refractivity contribution in [2.75, 3.05) is 0 Å². The van der Waals surface area contributed by atoms with E-state index in [4.69, 9.17) is 0 Å². The second kappa shape index (κ2) is 8.11. The topological polar surface area (TPSA) is 102 Å². The van der Waals surface area contributed by atoms with Crippen LogP contribution in [0, 0.1) is 10.1 Å². The van der Waals surface area contributed by atoms with Gasteiger partial charge in [0.1, 0.15) is 0 Å². The number of amides is 1. The number of carbonyl (C=O) groups excluding carboxylic acids is 2. The van der Waals surface area contributed by atoms with Crippen molar-refractivity contribution in [1.82, 2.24) is 5.43 Å². The Labute approximate surface area is 145 Å². The van der Waals surface area contributed by atoms with Crippen molar-refractivity contribution in [2.45, 2.75) is 6.42 Å². The van der Waals surface area contributed by atoms with Crippen LogP contribution in [0.5, 0.6) is 0 Å². The maximum Gasteiger partial charge on any atom is 0.271 e. The van der Waals surface area contributed by atoms with Gasteiger partial charge in [0.25, 0.3) is 11.6 Å². The summed E-state index contributed by atoms with van der Waals surface area (Å²) in [7, 11) is 0. The smallest absolute Gasteiger partial charge is 0.271 e. The number of nitro benzene ring substituents is 1. The van der Waals surface area contributed by atoms with Crippen LogP contribution in [-0.2, 0) is 0 Å². The monoisotopic (exact) mass is 389 g/mol. The first kappa shape index (κ1) is 17.5. The number of hydrogen-bond acceptors (Lipinski definition) is 5. The first-order valence-electron chi connectivity index (χ1n) is 6.82. The zero-order valence-corrected chi connectivity index (χ0v) is 13.9. The zero-order chi connectivity index (χ0) is 17.5. The van der Waals surface area contributed by atoms with Crippen LogP contribution in [0.15, 0.2) is 58.1 Å². The quantitative estimate of drug-likeness (QED) is 0.354.